The number of hydrogen-bond acceptors (Lipinski definition) is 5. The highest BCUT2D eigenvalue weighted by Crippen LogP contribution is 2.48. The van der Waals surface area contributed by atoms with Crippen LogP contribution in [-0.4, -0.2) is 45.2 Å². The third-order valence-corrected chi connectivity index (χ3v) is 8.63. The lowest BCUT2D eigenvalue weighted by molar-refractivity contribution is 0.220. The van der Waals surface area contributed by atoms with Crippen molar-refractivity contribution in [2.24, 2.45) is 4.99 Å². The van der Waals surface area contributed by atoms with E-state index < -0.39 is 7.60 Å². The first-order valence-corrected chi connectivity index (χ1v) is 16.4. The molecule has 5 nitrogen and oxygen atoms in total. The molecule has 0 N–H and O–H groups in total. The Morgan fingerprint density at radius 2 is 1.54 bits per heavy atom. The van der Waals surface area contributed by atoms with E-state index in [4.69, 9.17) is 9.05 Å². The molecule has 0 saturated carbocycles. The van der Waals surface area contributed by atoms with Gasteiger partial charge in [0.05, 0.1) is 19.4 Å². The molecule has 0 amide bonds. The van der Waals surface area contributed by atoms with Gasteiger partial charge >= 0.3 is 7.60 Å². The number of aliphatic imine (C=N–C) groups is 1. The van der Waals surface area contributed by atoms with E-state index in [-0.39, 0.29) is 0 Å². The third kappa shape index (κ3) is 12.1. The molecule has 0 aliphatic rings. The maximum atomic E-state index is 12.6. The van der Waals surface area contributed by atoms with Gasteiger partial charge < -0.3 is 13.9 Å². The second kappa shape index (κ2) is 18.8. The highest BCUT2D eigenvalue weighted by molar-refractivity contribution is 7.53. The van der Waals surface area contributed by atoms with Crippen LogP contribution >= 0.6 is 7.60 Å². The van der Waals surface area contributed by atoms with E-state index in [2.05, 4.69) is 97.4 Å². The van der Waals surface area contributed by atoms with E-state index in [1.165, 1.54) is 48.1 Å². The van der Waals surface area contributed by atoms with Crippen LogP contribution in [0.2, 0.25) is 0 Å². The Bertz CT molecular complexity index is 1070. The average Bonchev–Trinajstić information content (AvgIpc) is 2.93. The minimum atomic E-state index is -3.01. The first-order valence-electron chi connectivity index (χ1n) is 14.6. The van der Waals surface area contributed by atoms with Gasteiger partial charge in [-0.3, -0.25) is 9.56 Å². The van der Waals surface area contributed by atoms with Crippen molar-refractivity contribution >= 4 is 31.1 Å². The lowest BCUT2D eigenvalue weighted by atomic mass is 9.99. The van der Waals surface area contributed by atoms with E-state index >= 15 is 0 Å². The zero-order valence-corrected chi connectivity index (χ0v) is 25.7. The Balaban J connectivity index is 2.13. The largest absolute Gasteiger partial charge is 0.372 e. The number of unbranched alkanes of at least 4 members (excludes halogenated alkanes) is 2. The average molecular weight is 553 g/mol. The molecule has 0 bridgehead atoms. The van der Waals surface area contributed by atoms with Gasteiger partial charge in [-0.25, -0.2) is 0 Å². The maximum absolute atomic E-state index is 12.6. The Morgan fingerprint density at radius 1 is 0.897 bits per heavy atom. The lowest BCUT2D eigenvalue weighted by Gasteiger charge is -2.24. The Kier molecular flexibility index (Phi) is 15.8. The minimum Gasteiger partial charge on any atom is -0.372 e. The van der Waals surface area contributed by atoms with Crippen LogP contribution in [0.15, 0.2) is 65.7 Å². The molecule has 2 aromatic carbocycles. The summed E-state index contributed by atoms with van der Waals surface area (Å²) in [4.78, 5) is 7.06. The quantitative estimate of drug-likeness (QED) is 0.0754. The van der Waals surface area contributed by atoms with Crippen molar-refractivity contribution in [1.82, 2.24) is 0 Å². The predicted molar refractivity (Wildman–Crippen MR) is 170 cm³/mol. The fourth-order valence-corrected chi connectivity index (χ4v) is 5.95. The molecule has 39 heavy (non-hydrogen) atoms. The summed E-state index contributed by atoms with van der Waals surface area (Å²) in [6, 6.07) is 17.3. The van der Waals surface area contributed by atoms with E-state index in [9.17, 15) is 4.57 Å². The van der Waals surface area contributed by atoms with E-state index in [0.29, 0.717) is 32.3 Å². The first-order chi connectivity index (χ1) is 19.0. The second-order valence-electron chi connectivity index (χ2n) is 9.63. The smallest absolute Gasteiger partial charge is 0.330 e. The maximum Gasteiger partial charge on any atom is 0.330 e. The molecule has 2 aromatic rings. The van der Waals surface area contributed by atoms with Crippen LogP contribution in [0.3, 0.4) is 0 Å². The molecule has 0 fully saturated rings. The Morgan fingerprint density at radius 3 is 2.13 bits per heavy atom. The van der Waals surface area contributed by atoms with Crippen LogP contribution in [-0.2, 0) is 13.6 Å². The molecule has 0 saturated heterocycles. The summed E-state index contributed by atoms with van der Waals surface area (Å²) in [5.74, 6) is 0. The highest BCUT2D eigenvalue weighted by Gasteiger charge is 2.22. The van der Waals surface area contributed by atoms with Gasteiger partial charge in [0.1, 0.15) is 0 Å². The van der Waals surface area contributed by atoms with Gasteiger partial charge in [-0.1, -0.05) is 75.2 Å². The summed E-state index contributed by atoms with van der Waals surface area (Å²) >= 11 is 0. The molecule has 214 valence electrons. The first kappa shape index (κ1) is 32.8. The molecular formula is C33H49N2O3P. The van der Waals surface area contributed by atoms with Gasteiger partial charge in [0.15, 0.2) is 0 Å². The number of nitrogens with zero attached hydrogens (tertiary/aromatic N) is 2. The molecule has 0 aliphatic heterocycles. The SMILES string of the molecule is CCCCN(CCCC)c1ccc(C=C/C(=C/C=N/CCCP(=O)(OCC)OCC)c2ccccc2C)cc1. The standard InChI is InChI=1S/C33H49N2O3P/c1-6-10-26-35(27-11-7-2)32-21-18-30(19-22-32)17-20-31(33-16-13-12-15-29(33)5)23-25-34-24-14-28-39(36,37-8-3)38-9-4/h12-13,15-23,25H,6-11,14,24,26-28H2,1-5H3/b20-17?,31-23-,34-25+. The highest BCUT2D eigenvalue weighted by atomic mass is 31.2. The fraction of sp³-hybridized carbons (Fsp3) is 0.485. The zero-order valence-electron chi connectivity index (χ0n) is 24.8. The van der Waals surface area contributed by atoms with Gasteiger partial charge in [0.25, 0.3) is 0 Å². The zero-order chi connectivity index (χ0) is 28.3. The minimum absolute atomic E-state index is 0.380. The van der Waals surface area contributed by atoms with Crippen molar-refractivity contribution in [2.75, 3.05) is 43.9 Å². The van der Waals surface area contributed by atoms with Crippen LogP contribution in [0.4, 0.5) is 5.69 Å². The van der Waals surface area contributed by atoms with Gasteiger partial charge in [0, 0.05) is 31.5 Å². The van der Waals surface area contributed by atoms with Crippen molar-refractivity contribution in [1.29, 1.82) is 0 Å². The number of rotatable bonds is 19. The van der Waals surface area contributed by atoms with Crippen LogP contribution in [0.5, 0.6) is 0 Å². The molecule has 0 unspecified atom stereocenters. The molecule has 6 heteroatoms. The Hall–Kier alpha value is -2.46. The molecule has 0 spiro atoms. The normalized spacial score (nSPS) is 12.6. The molecule has 0 aliphatic carbocycles. The van der Waals surface area contributed by atoms with E-state index in [1.807, 2.05) is 20.1 Å². The second-order valence-corrected chi connectivity index (χ2v) is 11.8. The number of aryl methyl sites for hydroxylation is 1. The summed E-state index contributed by atoms with van der Waals surface area (Å²) in [6.45, 7) is 13.8. The number of allylic oxidation sites excluding steroid dienone is 3. The Labute approximate surface area is 237 Å². The topological polar surface area (TPSA) is 51.1 Å². The van der Waals surface area contributed by atoms with Crippen molar-refractivity contribution in [3.05, 3.63) is 77.4 Å². The summed E-state index contributed by atoms with van der Waals surface area (Å²) in [7, 11) is -3.01. The number of anilines is 1. The van der Waals surface area contributed by atoms with Crippen molar-refractivity contribution in [3.63, 3.8) is 0 Å². The molecule has 2 rings (SSSR count). The van der Waals surface area contributed by atoms with Crippen LogP contribution in [0, 0.1) is 6.92 Å². The van der Waals surface area contributed by atoms with Gasteiger partial charge in [-0.15, -0.1) is 0 Å². The summed E-state index contributed by atoms with van der Waals surface area (Å²) < 4.78 is 23.4. The fourth-order valence-electron chi connectivity index (χ4n) is 4.31. The lowest BCUT2D eigenvalue weighted by Crippen LogP contribution is -2.25. The number of hydrogen-bond donors (Lipinski definition) is 0. The van der Waals surface area contributed by atoms with Gasteiger partial charge in [-0.2, -0.15) is 0 Å². The summed E-state index contributed by atoms with van der Waals surface area (Å²) in [5, 5.41) is 0. The molecule has 0 radical (unpaired) electrons. The van der Waals surface area contributed by atoms with Crippen molar-refractivity contribution in [3.8, 4) is 0 Å². The summed E-state index contributed by atoms with van der Waals surface area (Å²) in [6.07, 6.45) is 14.1. The molecule has 0 atom stereocenters. The van der Waals surface area contributed by atoms with Crippen LogP contribution in [0.25, 0.3) is 11.6 Å². The van der Waals surface area contributed by atoms with Crippen LogP contribution < -0.4 is 4.90 Å². The van der Waals surface area contributed by atoms with Crippen LogP contribution in [0.1, 0.15) is 76.5 Å². The van der Waals surface area contributed by atoms with Crippen molar-refractivity contribution < 1.29 is 13.6 Å². The predicted octanol–water partition coefficient (Wildman–Crippen LogP) is 9.23. The monoisotopic (exact) mass is 552 g/mol. The third-order valence-electron chi connectivity index (χ3n) is 6.46. The number of benzene rings is 2. The van der Waals surface area contributed by atoms with Crippen molar-refractivity contribution in [2.45, 2.75) is 66.7 Å². The van der Waals surface area contributed by atoms with E-state index in [1.54, 1.807) is 0 Å². The molecule has 0 heterocycles. The van der Waals surface area contributed by atoms with Gasteiger partial charge in [-0.05, 0) is 80.5 Å². The van der Waals surface area contributed by atoms with Gasteiger partial charge in [0.2, 0.25) is 0 Å². The molecule has 0 aromatic heterocycles. The molecular weight excluding hydrogens is 503 g/mol. The van der Waals surface area contributed by atoms with E-state index in [0.717, 1.165) is 18.7 Å². The summed E-state index contributed by atoms with van der Waals surface area (Å²) in [5.41, 5.74) is 5.97.